The average Bonchev–Trinajstić information content (AvgIpc) is 2.11. The molecule has 1 unspecified atom stereocenters. The molecule has 0 saturated carbocycles. The molecule has 0 amide bonds. The van der Waals surface area contributed by atoms with Crippen molar-refractivity contribution in [2.45, 2.75) is 52.9 Å². The second-order valence-corrected chi connectivity index (χ2v) is 3.49. The molecule has 1 atom stereocenters. The monoisotopic (exact) mass is 169 g/mol. The molecule has 0 saturated heterocycles. The fourth-order valence-electron chi connectivity index (χ4n) is 1.54. The molecule has 0 fully saturated rings. The fraction of sp³-hybridized carbons (Fsp3) is 0.909. The van der Waals surface area contributed by atoms with Crippen molar-refractivity contribution in [3.63, 3.8) is 0 Å². The van der Waals surface area contributed by atoms with E-state index in [4.69, 9.17) is 0 Å². The molecular formula is C11H23N. The summed E-state index contributed by atoms with van der Waals surface area (Å²) < 4.78 is 0. The van der Waals surface area contributed by atoms with E-state index in [0.717, 1.165) is 5.92 Å². The van der Waals surface area contributed by atoms with E-state index in [1.807, 2.05) is 7.05 Å². The normalized spacial score (nSPS) is 14.8. The second-order valence-electron chi connectivity index (χ2n) is 3.49. The minimum absolute atomic E-state index is 0.750. The molecule has 0 radical (unpaired) electrons. The third-order valence-electron chi connectivity index (χ3n) is 2.49. The first-order valence-corrected chi connectivity index (χ1v) is 5.19. The van der Waals surface area contributed by atoms with Crippen molar-refractivity contribution in [1.82, 2.24) is 0 Å². The maximum Gasteiger partial charge on any atom is 0.0276 e. The van der Waals surface area contributed by atoms with Gasteiger partial charge in [0.1, 0.15) is 0 Å². The van der Waals surface area contributed by atoms with E-state index in [-0.39, 0.29) is 0 Å². The Morgan fingerprint density at radius 1 is 1.17 bits per heavy atom. The van der Waals surface area contributed by atoms with Gasteiger partial charge in [-0.2, -0.15) is 0 Å². The molecular weight excluding hydrogens is 146 g/mol. The van der Waals surface area contributed by atoms with E-state index in [9.17, 15) is 0 Å². The minimum Gasteiger partial charge on any atom is -0.297 e. The van der Waals surface area contributed by atoms with Gasteiger partial charge >= 0.3 is 0 Å². The third kappa shape index (κ3) is 4.53. The Labute approximate surface area is 77.3 Å². The van der Waals surface area contributed by atoms with Gasteiger partial charge in [-0.1, -0.05) is 33.1 Å². The molecule has 1 nitrogen and oxygen atoms in total. The van der Waals surface area contributed by atoms with Gasteiger partial charge in [0.2, 0.25) is 0 Å². The van der Waals surface area contributed by atoms with Crippen molar-refractivity contribution < 1.29 is 0 Å². The van der Waals surface area contributed by atoms with Crippen LogP contribution in [0.1, 0.15) is 52.9 Å². The highest BCUT2D eigenvalue weighted by molar-refractivity contribution is 5.84. The maximum absolute atomic E-state index is 4.28. The summed E-state index contributed by atoms with van der Waals surface area (Å²) in [5, 5.41) is 0. The lowest BCUT2D eigenvalue weighted by molar-refractivity contribution is 0.536. The van der Waals surface area contributed by atoms with Crippen LogP contribution in [-0.2, 0) is 0 Å². The van der Waals surface area contributed by atoms with E-state index in [1.165, 1.54) is 37.8 Å². The summed E-state index contributed by atoms with van der Waals surface area (Å²) in [6.07, 6.45) is 6.56. The zero-order chi connectivity index (χ0) is 9.40. The van der Waals surface area contributed by atoms with Crippen molar-refractivity contribution in [1.29, 1.82) is 0 Å². The standard InChI is InChI=1S/C11H23N/c1-5-7-9-11(8-6-2)10(3)12-4/h11H,5-9H2,1-4H3/b12-10+. The van der Waals surface area contributed by atoms with Crippen molar-refractivity contribution in [3.8, 4) is 0 Å². The summed E-state index contributed by atoms with van der Waals surface area (Å²) in [6.45, 7) is 6.67. The van der Waals surface area contributed by atoms with Crippen LogP contribution in [0.3, 0.4) is 0 Å². The third-order valence-corrected chi connectivity index (χ3v) is 2.49. The number of hydrogen-bond acceptors (Lipinski definition) is 1. The molecule has 0 aromatic carbocycles. The van der Waals surface area contributed by atoms with E-state index in [0.29, 0.717) is 0 Å². The first-order chi connectivity index (χ1) is 5.76. The van der Waals surface area contributed by atoms with Crippen LogP contribution in [0.25, 0.3) is 0 Å². The Balaban J connectivity index is 3.85. The lowest BCUT2D eigenvalue weighted by Gasteiger charge is -2.14. The zero-order valence-electron chi connectivity index (χ0n) is 9.06. The Hall–Kier alpha value is -0.330. The number of nitrogens with zero attached hydrogens (tertiary/aromatic N) is 1. The van der Waals surface area contributed by atoms with Gasteiger partial charge in [0.25, 0.3) is 0 Å². The summed E-state index contributed by atoms with van der Waals surface area (Å²) in [5.74, 6) is 0.750. The summed E-state index contributed by atoms with van der Waals surface area (Å²) in [7, 11) is 1.91. The first kappa shape index (κ1) is 11.7. The average molecular weight is 169 g/mol. The van der Waals surface area contributed by atoms with Crippen LogP contribution in [0.2, 0.25) is 0 Å². The van der Waals surface area contributed by atoms with Gasteiger partial charge in [-0.25, -0.2) is 0 Å². The molecule has 0 aliphatic carbocycles. The maximum atomic E-state index is 4.28. The van der Waals surface area contributed by atoms with E-state index < -0.39 is 0 Å². The van der Waals surface area contributed by atoms with Crippen molar-refractivity contribution in [2.24, 2.45) is 10.9 Å². The molecule has 0 heterocycles. The molecule has 12 heavy (non-hydrogen) atoms. The first-order valence-electron chi connectivity index (χ1n) is 5.19. The molecule has 0 aliphatic heterocycles. The summed E-state index contributed by atoms with van der Waals surface area (Å²) in [4.78, 5) is 4.28. The van der Waals surface area contributed by atoms with Crippen molar-refractivity contribution in [2.75, 3.05) is 7.05 Å². The summed E-state index contributed by atoms with van der Waals surface area (Å²) in [6, 6.07) is 0. The van der Waals surface area contributed by atoms with Crippen LogP contribution in [0.5, 0.6) is 0 Å². The van der Waals surface area contributed by atoms with E-state index >= 15 is 0 Å². The second kappa shape index (κ2) is 7.33. The number of hydrogen-bond donors (Lipinski definition) is 0. The molecule has 0 bridgehead atoms. The zero-order valence-corrected chi connectivity index (χ0v) is 9.06. The highest BCUT2D eigenvalue weighted by atomic mass is 14.7. The summed E-state index contributed by atoms with van der Waals surface area (Å²) >= 11 is 0. The van der Waals surface area contributed by atoms with Gasteiger partial charge in [-0.3, -0.25) is 4.99 Å². The van der Waals surface area contributed by atoms with E-state index in [2.05, 4.69) is 25.8 Å². The van der Waals surface area contributed by atoms with Crippen LogP contribution < -0.4 is 0 Å². The quantitative estimate of drug-likeness (QED) is 0.538. The smallest absolute Gasteiger partial charge is 0.0276 e. The summed E-state index contributed by atoms with van der Waals surface area (Å²) in [5.41, 5.74) is 1.34. The molecule has 0 aliphatic rings. The van der Waals surface area contributed by atoms with Crippen LogP contribution in [0, 0.1) is 5.92 Å². The molecule has 0 spiro atoms. The van der Waals surface area contributed by atoms with Gasteiger partial charge in [0, 0.05) is 12.8 Å². The highest BCUT2D eigenvalue weighted by Gasteiger charge is 2.09. The van der Waals surface area contributed by atoms with Crippen molar-refractivity contribution >= 4 is 5.71 Å². The van der Waals surface area contributed by atoms with E-state index in [1.54, 1.807) is 0 Å². The van der Waals surface area contributed by atoms with Crippen molar-refractivity contribution in [3.05, 3.63) is 0 Å². The number of rotatable bonds is 6. The minimum atomic E-state index is 0.750. The Bertz CT molecular complexity index is 127. The molecule has 0 N–H and O–H groups in total. The van der Waals surface area contributed by atoms with Gasteiger partial charge in [-0.15, -0.1) is 0 Å². The van der Waals surface area contributed by atoms with Gasteiger partial charge < -0.3 is 0 Å². The Morgan fingerprint density at radius 2 is 1.83 bits per heavy atom. The largest absolute Gasteiger partial charge is 0.297 e. The van der Waals surface area contributed by atoms with Crippen LogP contribution in [0.15, 0.2) is 4.99 Å². The lowest BCUT2D eigenvalue weighted by atomic mass is 9.93. The topological polar surface area (TPSA) is 12.4 Å². The molecule has 0 aromatic heterocycles. The number of aliphatic imine (C=N–C) groups is 1. The SMILES string of the molecule is CCCCC(CCC)/C(C)=N/C. The van der Waals surface area contributed by atoms with Crippen LogP contribution in [0.4, 0.5) is 0 Å². The fourth-order valence-corrected chi connectivity index (χ4v) is 1.54. The molecule has 72 valence electrons. The molecule has 1 heteroatoms. The van der Waals surface area contributed by atoms with Gasteiger partial charge in [-0.05, 0) is 25.7 Å². The number of unbranched alkanes of at least 4 members (excludes halogenated alkanes) is 1. The van der Waals surface area contributed by atoms with Gasteiger partial charge in [0.15, 0.2) is 0 Å². The Morgan fingerprint density at radius 3 is 2.25 bits per heavy atom. The molecule has 0 aromatic rings. The highest BCUT2D eigenvalue weighted by Crippen LogP contribution is 2.16. The van der Waals surface area contributed by atoms with Gasteiger partial charge in [0.05, 0.1) is 0 Å². The Kier molecular flexibility index (Phi) is 7.12. The predicted molar refractivity (Wildman–Crippen MR) is 57.0 cm³/mol. The molecule has 0 rings (SSSR count). The lowest BCUT2D eigenvalue weighted by Crippen LogP contribution is -2.10. The van der Waals surface area contributed by atoms with Crippen LogP contribution in [-0.4, -0.2) is 12.8 Å². The van der Waals surface area contributed by atoms with Crippen LogP contribution >= 0.6 is 0 Å². The predicted octanol–water partition coefficient (Wildman–Crippen LogP) is 3.68.